The average Bonchev–Trinajstić information content (AvgIpc) is 2.28. The Morgan fingerprint density at radius 2 is 2.00 bits per heavy atom. The molecule has 0 unspecified atom stereocenters. The largest absolute Gasteiger partial charge is 0.395 e. The molecule has 0 saturated heterocycles. The second-order valence-electron chi connectivity index (χ2n) is 3.19. The summed E-state index contributed by atoms with van der Waals surface area (Å²) in [5, 5.41) is 1.90. The highest BCUT2D eigenvalue weighted by Gasteiger charge is 2.11. The van der Waals surface area contributed by atoms with Gasteiger partial charge in [0.15, 0.2) is 0 Å². The fourth-order valence-corrected chi connectivity index (χ4v) is 2.49. The number of nitrogens with two attached hydrogens (primary N) is 1. The van der Waals surface area contributed by atoms with Crippen molar-refractivity contribution in [1.82, 2.24) is 15.0 Å². The van der Waals surface area contributed by atoms with Crippen LogP contribution >= 0.6 is 35.0 Å². The van der Waals surface area contributed by atoms with Gasteiger partial charge in [0, 0.05) is 6.20 Å². The van der Waals surface area contributed by atoms with E-state index < -0.39 is 0 Å². The molecule has 2 aromatic rings. The molecule has 0 spiro atoms. The number of nitrogens with zero attached hydrogens (tertiary/aromatic N) is 3. The van der Waals surface area contributed by atoms with Crippen LogP contribution in [0.25, 0.3) is 0 Å². The molecule has 0 atom stereocenters. The van der Waals surface area contributed by atoms with Crippen LogP contribution in [-0.4, -0.2) is 15.0 Å². The first-order valence-electron chi connectivity index (χ1n) is 4.66. The van der Waals surface area contributed by atoms with Gasteiger partial charge in [0.2, 0.25) is 5.28 Å². The Labute approximate surface area is 113 Å². The molecule has 7 heteroatoms. The van der Waals surface area contributed by atoms with Gasteiger partial charge in [-0.3, -0.25) is 0 Å². The third kappa shape index (κ3) is 2.80. The summed E-state index contributed by atoms with van der Waals surface area (Å²) in [6, 6.07) is 3.51. The number of nitrogen functional groups attached to an aromatic ring is 1. The number of rotatable bonds is 2. The van der Waals surface area contributed by atoms with E-state index >= 15 is 0 Å². The van der Waals surface area contributed by atoms with Crippen LogP contribution in [0.5, 0.6) is 0 Å². The van der Waals surface area contributed by atoms with Crippen LogP contribution in [-0.2, 0) is 0 Å². The van der Waals surface area contributed by atoms with E-state index in [1.54, 1.807) is 25.3 Å². The van der Waals surface area contributed by atoms with E-state index in [0.29, 0.717) is 26.5 Å². The summed E-state index contributed by atoms with van der Waals surface area (Å²) in [6.07, 6.45) is 1.65. The maximum atomic E-state index is 6.01. The first-order chi connectivity index (χ1) is 8.08. The van der Waals surface area contributed by atoms with Crippen molar-refractivity contribution in [1.29, 1.82) is 0 Å². The van der Waals surface area contributed by atoms with E-state index in [1.807, 2.05) is 0 Å². The minimum absolute atomic E-state index is 0.159. The predicted molar refractivity (Wildman–Crippen MR) is 69.6 cm³/mol. The molecule has 2 heterocycles. The second-order valence-corrected chi connectivity index (χ2v) is 4.91. The van der Waals surface area contributed by atoms with Crippen LogP contribution in [0, 0.1) is 6.92 Å². The van der Waals surface area contributed by atoms with Gasteiger partial charge in [0.1, 0.15) is 10.1 Å². The number of hydrogen-bond donors (Lipinski definition) is 1. The summed E-state index contributed by atoms with van der Waals surface area (Å²) in [5.74, 6) is 0. The lowest BCUT2D eigenvalue weighted by Crippen LogP contribution is -1.99. The monoisotopic (exact) mass is 286 g/mol. The number of anilines is 1. The summed E-state index contributed by atoms with van der Waals surface area (Å²) in [6.45, 7) is 1.77. The molecular formula is C10H8Cl2N4S. The predicted octanol–water partition coefficient (Wildman–Crippen LogP) is 3.22. The first kappa shape index (κ1) is 12.4. The molecule has 2 N–H and O–H groups in total. The standard InChI is InChI=1S/C10H8Cl2N4S/c1-5-7(13)9(16-10(12)15-5)17-8-6(11)3-2-4-14-8/h2-4H,13H2,1H3. The highest BCUT2D eigenvalue weighted by atomic mass is 35.5. The van der Waals surface area contributed by atoms with Crippen molar-refractivity contribution < 1.29 is 0 Å². The van der Waals surface area contributed by atoms with Crippen LogP contribution in [0.4, 0.5) is 5.69 Å². The van der Waals surface area contributed by atoms with Gasteiger partial charge in [0.25, 0.3) is 0 Å². The molecule has 88 valence electrons. The van der Waals surface area contributed by atoms with Gasteiger partial charge in [-0.2, -0.15) is 0 Å². The van der Waals surface area contributed by atoms with Gasteiger partial charge >= 0.3 is 0 Å². The molecule has 0 aliphatic rings. The molecule has 0 saturated carbocycles. The van der Waals surface area contributed by atoms with Gasteiger partial charge < -0.3 is 5.73 Å². The summed E-state index contributed by atoms with van der Waals surface area (Å²) in [4.78, 5) is 12.2. The Morgan fingerprint density at radius 1 is 1.24 bits per heavy atom. The molecule has 2 rings (SSSR count). The third-order valence-corrected chi connectivity index (χ3v) is 3.60. The van der Waals surface area contributed by atoms with Gasteiger partial charge in [-0.1, -0.05) is 11.6 Å². The summed E-state index contributed by atoms with van der Waals surface area (Å²) >= 11 is 13.1. The molecule has 17 heavy (non-hydrogen) atoms. The topological polar surface area (TPSA) is 64.7 Å². The van der Waals surface area contributed by atoms with Crippen molar-refractivity contribution >= 4 is 40.7 Å². The molecule has 0 aliphatic carbocycles. The van der Waals surface area contributed by atoms with Gasteiger partial charge in [-0.25, -0.2) is 15.0 Å². The van der Waals surface area contributed by atoms with Crippen LogP contribution in [0.1, 0.15) is 5.69 Å². The van der Waals surface area contributed by atoms with Crippen molar-refractivity contribution in [2.45, 2.75) is 17.0 Å². The van der Waals surface area contributed by atoms with Gasteiger partial charge in [-0.05, 0) is 42.4 Å². The number of halogens is 2. The lowest BCUT2D eigenvalue weighted by molar-refractivity contribution is 1.01. The minimum Gasteiger partial charge on any atom is -0.395 e. The lowest BCUT2D eigenvalue weighted by atomic mass is 10.4. The fourth-order valence-electron chi connectivity index (χ4n) is 1.14. The zero-order valence-corrected chi connectivity index (χ0v) is 11.1. The van der Waals surface area contributed by atoms with E-state index in [4.69, 9.17) is 28.9 Å². The van der Waals surface area contributed by atoms with E-state index in [9.17, 15) is 0 Å². The highest BCUT2D eigenvalue weighted by molar-refractivity contribution is 7.99. The molecule has 0 radical (unpaired) electrons. The fraction of sp³-hybridized carbons (Fsp3) is 0.100. The normalized spacial score (nSPS) is 10.5. The van der Waals surface area contributed by atoms with Crippen molar-refractivity contribution in [2.75, 3.05) is 5.73 Å². The van der Waals surface area contributed by atoms with Gasteiger partial charge in [-0.15, -0.1) is 0 Å². The van der Waals surface area contributed by atoms with Gasteiger partial charge in [0.05, 0.1) is 16.4 Å². The summed E-state index contributed by atoms with van der Waals surface area (Å²) in [7, 11) is 0. The molecule has 0 bridgehead atoms. The molecule has 4 nitrogen and oxygen atoms in total. The molecule has 0 aromatic carbocycles. The lowest BCUT2D eigenvalue weighted by Gasteiger charge is -2.07. The van der Waals surface area contributed by atoms with E-state index in [0.717, 1.165) is 0 Å². The van der Waals surface area contributed by atoms with Crippen molar-refractivity contribution in [3.05, 3.63) is 34.3 Å². The summed E-state index contributed by atoms with van der Waals surface area (Å²) in [5.41, 5.74) is 7.00. The average molecular weight is 287 g/mol. The zero-order chi connectivity index (χ0) is 12.4. The SMILES string of the molecule is Cc1nc(Cl)nc(Sc2ncccc2Cl)c1N. The maximum absolute atomic E-state index is 6.01. The molecule has 0 amide bonds. The van der Waals surface area contributed by atoms with E-state index in [2.05, 4.69) is 15.0 Å². The van der Waals surface area contributed by atoms with Crippen molar-refractivity contribution in [2.24, 2.45) is 0 Å². The van der Waals surface area contributed by atoms with E-state index in [-0.39, 0.29) is 5.28 Å². The second kappa shape index (κ2) is 5.08. The Morgan fingerprint density at radius 3 is 2.71 bits per heavy atom. The van der Waals surface area contributed by atoms with Crippen molar-refractivity contribution in [3.8, 4) is 0 Å². The van der Waals surface area contributed by atoms with E-state index in [1.165, 1.54) is 11.8 Å². The number of hydrogen-bond acceptors (Lipinski definition) is 5. The first-order valence-corrected chi connectivity index (χ1v) is 6.23. The number of aryl methyl sites for hydroxylation is 1. The van der Waals surface area contributed by atoms with Crippen LogP contribution in [0.3, 0.4) is 0 Å². The smallest absolute Gasteiger partial charge is 0.223 e. The Bertz CT molecular complexity index is 562. The molecular weight excluding hydrogens is 279 g/mol. The van der Waals surface area contributed by atoms with Crippen LogP contribution in [0.15, 0.2) is 28.4 Å². The zero-order valence-electron chi connectivity index (χ0n) is 8.82. The van der Waals surface area contributed by atoms with Crippen LogP contribution < -0.4 is 5.73 Å². The quantitative estimate of drug-likeness (QED) is 0.678. The number of aromatic nitrogens is 3. The molecule has 0 fully saturated rings. The van der Waals surface area contributed by atoms with Crippen LogP contribution in [0.2, 0.25) is 10.3 Å². The minimum atomic E-state index is 0.159. The molecule has 0 aliphatic heterocycles. The Balaban J connectivity index is 2.40. The highest BCUT2D eigenvalue weighted by Crippen LogP contribution is 2.34. The molecule has 2 aromatic heterocycles. The Kier molecular flexibility index (Phi) is 3.71. The Hall–Kier alpha value is -1.04. The third-order valence-electron chi connectivity index (χ3n) is 1.99. The maximum Gasteiger partial charge on any atom is 0.223 e. The van der Waals surface area contributed by atoms with Crippen molar-refractivity contribution in [3.63, 3.8) is 0 Å². The number of pyridine rings is 1. The summed E-state index contributed by atoms with van der Waals surface area (Å²) < 4.78 is 0.